The molecule has 0 radical (unpaired) electrons. The summed E-state index contributed by atoms with van der Waals surface area (Å²) in [6.07, 6.45) is 1.27. The summed E-state index contributed by atoms with van der Waals surface area (Å²) < 4.78 is 10.4. The van der Waals surface area contributed by atoms with Crippen molar-refractivity contribution in [3.05, 3.63) is 53.6 Å². The molecule has 4 nitrogen and oxygen atoms in total. The first kappa shape index (κ1) is 14.4. The maximum atomic E-state index is 12.5. The first-order valence-corrected chi connectivity index (χ1v) is 7.31. The normalized spacial score (nSPS) is 12.9. The minimum atomic E-state index is 0.120. The molecular weight excluding hydrogens is 278 g/mol. The highest BCUT2D eigenvalue weighted by molar-refractivity contribution is 5.96. The summed E-state index contributed by atoms with van der Waals surface area (Å²) in [5, 5.41) is 0. The SMILES string of the molecule is COc1ccc(CC(=O)N2CCc3cc(OC)ccc32)cc1. The molecule has 0 saturated carbocycles. The topological polar surface area (TPSA) is 38.8 Å². The maximum absolute atomic E-state index is 12.5. The molecule has 2 aromatic rings. The molecule has 0 fully saturated rings. The van der Waals surface area contributed by atoms with Gasteiger partial charge < -0.3 is 14.4 Å². The third-order valence-electron chi connectivity index (χ3n) is 4.00. The minimum Gasteiger partial charge on any atom is -0.497 e. The lowest BCUT2D eigenvalue weighted by atomic mass is 10.1. The van der Waals surface area contributed by atoms with Crippen molar-refractivity contribution in [2.45, 2.75) is 12.8 Å². The molecule has 3 rings (SSSR count). The Morgan fingerprint density at radius 2 is 1.73 bits per heavy atom. The van der Waals surface area contributed by atoms with Crippen LogP contribution in [0.15, 0.2) is 42.5 Å². The van der Waals surface area contributed by atoms with Gasteiger partial charge in [0.25, 0.3) is 0 Å². The molecular formula is C18H19NO3. The van der Waals surface area contributed by atoms with Crippen LogP contribution in [0, 0.1) is 0 Å². The number of amides is 1. The molecule has 0 N–H and O–H groups in total. The number of ether oxygens (including phenoxy) is 2. The van der Waals surface area contributed by atoms with Gasteiger partial charge in [0.15, 0.2) is 0 Å². The van der Waals surface area contributed by atoms with E-state index in [1.165, 1.54) is 5.56 Å². The minimum absolute atomic E-state index is 0.120. The van der Waals surface area contributed by atoms with E-state index in [0.29, 0.717) is 6.42 Å². The second-order valence-corrected chi connectivity index (χ2v) is 5.31. The Bertz CT molecular complexity index is 679. The van der Waals surface area contributed by atoms with Crippen LogP contribution in [0.4, 0.5) is 5.69 Å². The molecule has 0 atom stereocenters. The number of benzene rings is 2. The molecule has 1 aliphatic heterocycles. The molecule has 1 amide bonds. The Morgan fingerprint density at radius 3 is 2.41 bits per heavy atom. The zero-order valence-electron chi connectivity index (χ0n) is 12.8. The maximum Gasteiger partial charge on any atom is 0.231 e. The number of carbonyl (C=O) groups is 1. The predicted octanol–water partition coefficient (Wildman–Crippen LogP) is 2.84. The number of hydrogen-bond acceptors (Lipinski definition) is 3. The summed E-state index contributed by atoms with van der Waals surface area (Å²) in [5.74, 6) is 1.76. The molecule has 0 spiro atoms. The van der Waals surface area contributed by atoms with E-state index in [1.54, 1.807) is 14.2 Å². The molecule has 0 aliphatic carbocycles. The van der Waals surface area contributed by atoms with Gasteiger partial charge in [0.05, 0.1) is 20.6 Å². The highest BCUT2D eigenvalue weighted by Gasteiger charge is 2.24. The third-order valence-corrected chi connectivity index (χ3v) is 4.00. The van der Waals surface area contributed by atoms with E-state index in [4.69, 9.17) is 9.47 Å². The van der Waals surface area contributed by atoms with Crippen LogP contribution in [0.5, 0.6) is 11.5 Å². The number of rotatable bonds is 4. The average Bonchev–Trinajstić information content (AvgIpc) is 2.98. The summed E-state index contributed by atoms with van der Waals surface area (Å²) in [4.78, 5) is 14.4. The predicted molar refractivity (Wildman–Crippen MR) is 85.7 cm³/mol. The average molecular weight is 297 g/mol. The Hall–Kier alpha value is -2.49. The van der Waals surface area contributed by atoms with Gasteiger partial charge in [0.1, 0.15) is 11.5 Å². The second kappa shape index (κ2) is 6.10. The fourth-order valence-corrected chi connectivity index (χ4v) is 2.78. The lowest BCUT2D eigenvalue weighted by Gasteiger charge is -2.17. The largest absolute Gasteiger partial charge is 0.497 e. The van der Waals surface area contributed by atoms with Crippen LogP contribution in [0.2, 0.25) is 0 Å². The number of anilines is 1. The van der Waals surface area contributed by atoms with Crippen molar-refractivity contribution in [2.75, 3.05) is 25.7 Å². The zero-order valence-corrected chi connectivity index (χ0v) is 12.8. The summed E-state index contributed by atoms with van der Waals surface area (Å²) in [6.45, 7) is 0.734. The van der Waals surface area contributed by atoms with Crippen molar-refractivity contribution in [3.8, 4) is 11.5 Å². The molecule has 2 aromatic carbocycles. The molecule has 22 heavy (non-hydrogen) atoms. The molecule has 114 valence electrons. The highest BCUT2D eigenvalue weighted by atomic mass is 16.5. The summed E-state index contributed by atoms with van der Waals surface area (Å²) in [6, 6.07) is 13.5. The van der Waals surface area contributed by atoms with Gasteiger partial charge >= 0.3 is 0 Å². The Morgan fingerprint density at radius 1 is 1.05 bits per heavy atom. The third kappa shape index (κ3) is 2.77. The van der Waals surface area contributed by atoms with Crippen LogP contribution in [0.3, 0.4) is 0 Å². The number of hydrogen-bond donors (Lipinski definition) is 0. The van der Waals surface area contributed by atoms with E-state index in [9.17, 15) is 4.79 Å². The van der Waals surface area contributed by atoms with Gasteiger partial charge in [-0.15, -0.1) is 0 Å². The summed E-state index contributed by atoms with van der Waals surface area (Å²) >= 11 is 0. The fourth-order valence-electron chi connectivity index (χ4n) is 2.78. The van der Waals surface area contributed by atoms with Crippen LogP contribution in [-0.4, -0.2) is 26.7 Å². The van der Waals surface area contributed by atoms with Crippen molar-refractivity contribution in [1.29, 1.82) is 0 Å². The van der Waals surface area contributed by atoms with E-state index < -0.39 is 0 Å². The lowest BCUT2D eigenvalue weighted by Crippen LogP contribution is -2.30. The van der Waals surface area contributed by atoms with Crippen LogP contribution >= 0.6 is 0 Å². The second-order valence-electron chi connectivity index (χ2n) is 5.31. The first-order chi connectivity index (χ1) is 10.7. The zero-order chi connectivity index (χ0) is 15.5. The van der Waals surface area contributed by atoms with Crippen molar-refractivity contribution < 1.29 is 14.3 Å². The van der Waals surface area contributed by atoms with Gasteiger partial charge in [-0.1, -0.05) is 12.1 Å². The monoisotopic (exact) mass is 297 g/mol. The molecule has 0 bridgehead atoms. The lowest BCUT2D eigenvalue weighted by molar-refractivity contribution is -0.117. The van der Waals surface area contributed by atoms with Gasteiger partial charge in [0.2, 0.25) is 5.91 Å². The summed E-state index contributed by atoms with van der Waals surface area (Å²) in [5.41, 5.74) is 3.16. The summed E-state index contributed by atoms with van der Waals surface area (Å²) in [7, 11) is 3.29. The molecule has 1 heterocycles. The number of methoxy groups -OCH3 is 2. The number of nitrogens with zero attached hydrogens (tertiary/aromatic N) is 1. The molecule has 0 saturated heterocycles. The van der Waals surface area contributed by atoms with E-state index in [1.807, 2.05) is 47.4 Å². The number of fused-ring (bicyclic) bond motifs is 1. The van der Waals surface area contributed by atoms with Gasteiger partial charge in [-0.2, -0.15) is 0 Å². The van der Waals surface area contributed by atoms with E-state index >= 15 is 0 Å². The quantitative estimate of drug-likeness (QED) is 0.871. The van der Waals surface area contributed by atoms with Crippen LogP contribution in [0.1, 0.15) is 11.1 Å². The number of carbonyl (C=O) groups excluding carboxylic acids is 1. The first-order valence-electron chi connectivity index (χ1n) is 7.31. The van der Waals surface area contributed by atoms with Gasteiger partial charge in [-0.05, 0) is 47.9 Å². The molecule has 0 aromatic heterocycles. The van der Waals surface area contributed by atoms with Crippen molar-refractivity contribution >= 4 is 11.6 Å². The van der Waals surface area contributed by atoms with Crippen molar-refractivity contribution in [1.82, 2.24) is 0 Å². The van der Waals surface area contributed by atoms with Gasteiger partial charge in [-0.25, -0.2) is 0 Å². The van der Waals surface area contributed by atoms with E-state index in [2.05, 4.69) is 0 Å². The highest BCUT2D eigenvalue weighted by Crippen LogP contribution is 2.31. The van der Waals surface area contributed by atoms with E-state index in [-0.39, 0.29) is 5.91 Å². The Labute approximate surface area is 130 Å². The van der Waals surface area contributed by atoms with Gasteiger partial charge in [-0.3, -0.25) is 4.79 Å². The fraction of sp³-hybridized carbons (Fsp3) is 0.278. The molecule has 4 heteroatoms. The molecule has 1 aliphatic rings. The smallest absolute Gasteiger partial charge is 0.231 e. The van der Waals surface area contributed by atoms with Crippen molar-refractivity contribution in [2.24, 2.45) is 0 Å². The van der Waals surface area contributed by atoms with Crippen LogP contribution in [0.25, 0.3) is 0 Å². The Balaban J connectivity index is 1.74. The van der Waals surface area contributed by atoms with Crippen LogP contribution < -0.4 is 14.4 Å². The standard InChI is InChI=1S/C18H19NO3/c1-21-15-5-3-13(4-6-15)11-18(20)19-10-9-14-12-16(22-2)7-8-17(14)19/h3-8,12H,9-11H2,1-2H3. The van der Waals surface area contributed by atoms with Gasteiger partial charge in [0, 0.05) is 12.2 Å². The van der Waals surface area contributed by atoms with Crippen LogP contribution in [-0.2, 0) is 17.6 Å². The van der Waals surface area contributed by atoms with E-state index in [0.717, 1.165) is 35.7 Å². The Kier molecular flexibility index (Phi) is 4.00. The van der Waals surface area contributed by atoms with Crippen molar-refractivity contribution in [3.63, 3.8) is 0 Å². The molecule has 0 unspecified atom stereocenters.